The first-order valence-electron chi connectivity index (χ1n) is 6.07. The number of nitrogens with one attached hydrogen (secondary N) is 1. The molecule has 3 rings (SSSR count). The van der Waals surface area contributed by atoms with Crippen molar-refractivity contribution in [3.63, 3.8) is 0 Å². The number of ketones is 2. The van der Waals surface area contributed by atoms with Gasteiger partial charge in [-0.3, -0.25) is 11.8 Å². The number of Topliss-reactive ketones (excluding diaryl/α,β-unsaturated/α-hetero) is 2. The van der Waals surface area contributed by atoms with Crippen molar-refractivity contribution in [1.29, 1.82) is 0 Å². The van der Waals surface area contributed by atoms with Crippen molar-refractivity contribution in [2.24, 2.45) is 0 Å². The average molecular weight is 850 g/mol. The number of hydrogen-bond acceptors (Lipinski definition) is 6. The van der Waals surface area contributed by atoms with E-state index in [4.69, 9.17) is 0 Å². The van der Waals surface area contributed by atoms with Crippen molar-refractivity contribution < 1.29 is 117 Å². The number of thioether (sulfide) groups is 1. The van der Waals surface area contributed by atoms with Gasteiger partial charge in [0.2, 0.25) is 0 Å². The van der Waals surface area contributed by atoms with E-state index in [2.05, 4.69) is 16.4 Å². The number of rotatable bonds is 1. The predicted octanol–water partition coefficient (Wildman–Crippen LogP) is 0.688. The van der Waals surface area contributed by atoms with Gasteiger partial charge in [-0.2, -0.15) is 0 Å². The van der Waals surface area contributed by atoms with Gasteiger partial charge >= 0.3 is 0 Å². The van der Waals surface area contributed by atoms with E-state index in [1.165, 1.54) is 23.1 Å². The minimum atomic E-state index is -0.652. The van der Waals surface area contributed by atoms with Crippen LogP contribution in [0.2, 0.25) is 0 Å². The van der Waals surface area contributed by atoms with Gasteiger partial charge in [-0.1, -0.05) is 18.4 Å². The molecule has 1 N–H and O–H groups in total. The molecule has 122 valence electrons. The van der Waals surface area contributed by atoms with Crippen molar-refractivity contribution in [2.45, 2.75) is 26.3 Å². The van der Waals surface area contributed by atoms with Gasteiger partial charge in [0, 0.05) is 108 Å². The van der Waals surface area contributed by atoms with Crippen molar-refractivity contribution >= 4 is 51.8 Å². The number of fused-ring (bicyclic) bond motifs is 1. The van der Waals surface area contributed by atoms with Crippen LogP contribution in [0.15, 0.2) is 5.57 Å². The van der Waals surface area contributed by atoms with Crippen LogP contribution in [-0.4, -0.2) is 22.1 Å². The van der Waals surface area contributed by atoms with Gasteiger partial charge in [-0.15, -0.1) is 29.1 Å². The topological polar surface area (TPSA) is 59.1 Å². The van der Waals surface area contributed by atoms with E-state index in [-0.39, 0.29) is 119 Å². The molecule has 1 aromatic rings. The SMILES string of the molecule is CC(=O)C1(C)[CH-]S/C(=c2/nc3c(s2)=[C-]C(=O)C(C)=C3)N1.[W].[W].[Y].[Y]. The van der Waals surface area contributed by atoms with Crippen LogP contribution in [0.5, 0.6) is 0 Å². The third kappa shape index (κ3) is 5.84. The van der Waals surface area contributed by atoms with Gasteiger partial charge in [0.25, 0.3) is 0 Å². The molecule has 2 heterocycles. The maximum atomic E-state index is 11.6. The van der Waals surface area contributed by atoms with Crippen LogP contribution in [0.1, 0.15) is 26.5 Å². The Balaban J connectivity index is 0. The molecule has 0 amide bonds. The molecule has 0 bridgehead atoms. The Morgan fingerprint density at radius 1 is 1.38 bits per heavy atom. The third-order valence-electron chi connectivity index (χ3n) is 3.30. The average Bonchev–Trinajstić information content (AvgIpc) is 2.95. The Morgan fingerprint density at radius 2 is 2.00 bits per heavy atom. The molecular weight excluding hydrogens is 838 g/mol. The van der Waals surface area contributed by atoms with Crippen molar-refractivity contribution in [2.75, 3.05) is 0 Å². The molecule has 2 aliphatic rings. The minimum absolute atomic E-state index is 0. The Kier molecular flexibility index (Phi) is 13.3. The molecular formula is C14H12N2O2S2W2Y2-2. The number of hydrogen-bond donors (Lipinski definition) is 1. The molecule has 1 aliphatic carbocycles. The molecule has 2 radical (unpaired) electrons. The summed E-state index contributed by atoms with van der Waals surface area (Å²) in [6.07, 6.45) is 4.60. The Labute approximate surface area is 228 Å². The van der Waals surface area contributed by atoms with E-state index in [1.807, 2.05) is 12.7 Å². The Bertz CT molecular complexity index is 795. The van der Waals surface area contributed by atoms with Crippen LogP contribution in [0, 0.1) is 5.75 Å². The number of carbonyl (C=O) groups excluding carboxylic acids is 2. The fraction of sp³-hybridized carbons (Fsp3) is 0.286. The zero-order valence-electron chi connectivity index (χ0n) is 13.2. The maximum Gasteiger partial charge on any atom is 0.129 e. The number of nitrogens with zero attached hydrogens (tertiary/aromatic N) is 1. The zero-order valence-corrected chi connectivity index (χ0v) is 26.4. The second-order valence-electron chi connectivity index (χ2n) is 4.96. The monoisotopic (exact) mass is 850 g/mol. The van der Waals surface area contributed by atoms with E-state index in [1.54, 1.807) is 19.9 Å². The number of carbonyl (C=O) groups is 2. The first-order chi connectivity index (χ1) is 9.39. The van der Waals surface area contributed by atoms with E-state index in [9.17, 15) is 9.59 Å². The summed E-state index contributed by atoms with van der Waals surface area (Å²) in [4.78, 5) is 27.7. The van der Waals surface area contributed by atoms with Gasteiger partial charge in [-0.05, 0) is 18.2 Å². The van der Waals surface area contributed by atoms with Crippen molar-refractivity contribution in [1.82, 2.24) is 10.3 Å². The van der Waals surface area contributed by atoms with Gasteiger partial charge in [0.15, 0.2) is 0 Å². The third-order valence-corrected chi connectivity index (χ3v) is 5.56. The standard InChI is InChI=1S/C14H12N2O2S2.2W.2Y/c1-7-4-9-11(5-10(7)18)20-12(15-9)13-16-14(3,6-19-13)8(2)17;;;;/h4,6,16H,1-3H3;;;;/q-2;;;;/b13-12-;;;;. The van der Waals surface area contributed by atoms with E-state index in [0.29, 0.717) is 5.57 Å². The molecule has 1 atom stereocenters. The molecule has 4 nitrogen and oxygen atoms in total. The minimum Gasteiger partial charge on any atom is -0.396 e. The van der Waals surface area contributed by atoms with Gasteiger partial charge < -0.3 is 19.9 Å². The van der Waals surface area contributed by atoms with Crippen LogP contribution in [0.4, 0.5) is 0 Å². The summed E-state index contributed by atoms with van der Waals surface area (Å²) in [5.41, 5.74) is 0.765. The summed E-state index contributed by atoms with van der Waals surface area (Å²) < 4.78 is 1.54. The fourth-order valence-corrected chi connectivity index (χ4v) is 3.93. The molecule has 1 aliphatic heterocycles. The van der Waals surface area contributed by atoms with E-state index < -0.39 is 5.54 Å². The van der Waals surface area contributed by atoms with E-state index in [0.717, 1.165) is 19.9 Å². The second kappa shape index (κ2) is 11.3. The quantitative estimate of drug-likeness (QED) is 0.423. The second-order valence-corrected chi connectivity index (χ2v) is 6.84. The van der Waals surface area contributed by atoms with Crippen molar-refractivity contribution in [3.05, 3.63) is 26.2 Å². The molecule has 10 heteroatoms. The van der Waals surface area contributed by atoms with Crippen LogP contribution < -0.4 is 14.5 Å². The van der Waals surface area contributed by atoms with Gasteiger partial charge in [-0.25, -0.2) is 5.75 Å². The van der Waals surface area contributed by atoms with Crippen LogP contribution in [-0.2, 0) is 117 Å². The summed E-state index contributed by atoms with van der Waals surface area (Å²) in [6.45, 7) is 5.16. The first kappa shape index (κ1) is 28.4. The van der Waals surface area contributed by atoms with Crippen LogP contribution in [0.25, 0.3) is 17.2 Å². The molecule has 24 heavy (non-hydrogen) atoms. The Morgan fingerprint density at radius 3 is 2.54 bits per heavy atom. The summed E-state index contributed by atoms with van der Waals surface area (Å²) >= 11 is 2.88. The summed E-state index contributed by atoms with van der Waals surface area (Å²) in [5.74, 6) is 1.85. The molecule has 1 fully saturated rings. The largest absolute Gasteiger partial charge is 0.396 e. The van der Waals surface area contributed by atoms with Gasteiger partial charge in [0.1, 0.15) is 10.4 Å². The maximum absolute atomic E-state index is 11.6. The molecule has 1 unspecified atom stereocenters. The molecule has 0 spiro atoms. The summed E-state index contributed by atoms with van der Waals surface area (Å²) in [6, 6.07) is 0. The normalized spacial score (nSPS) is 23.0. The molecule has 1 aromatic heterocycles. The number of thiazole rings is 1. The number of aromatic nitrogens is 1. The molecule has 1 saturated heterocycles. The fourth-order valence-electron chi connectivity index (χ4n) is 1.84. The Hall–Kier alpha value is 2.18. The van der Waals surface area contributed by atoms with Gasteiger partial charge in [0.05, 0.1) is 10.8 Å². The van der Waals surface area contributed by atoms with Crippen molar-refractivity contribution in [3.8, 4) is 0 Å². The summed E-state index contributed by atoms with van der Waals surface area (Å²) in [7, 11) is 0. The first-order valence-corrected chi connectivity index (χ1v) is 7.77. The van der Waals surface area contributed by atoms with E-state index >= 15 is 0 Å². The summed E-state index contributed by atoms with van der Waals surface area (Å²) in [5, 5.41) is 4.05. The van der Waals surface area contributed by atoms with Crippen LogP contribution in [0.3, 0.4) is 0 Å². The number of allylic oxidation sites excluding steroid dienone is 1. The van der Waals surface area contributed by atoms with Crippen LogP contribution >= 0.6 is 23.1 Å². The predicted molar refractivity (Wildman–Crippen MR) is 81.0 cm³/mol. The molecule has 0 aromatic carbocycles. The molecule has 0 saturated carbocycles. The smallest absolute Gasteiger partial charge is 0.129 e. The zero-order chi connectivity index (χ0) is 14.5.